The summed E-state index contributed by atoms with van der Waals surface area (Å²) >= 11 is 0. The Kier molecular flexibility index (Phi) is 5.64. The van der Waals surface area contributed by atoms with Crippen molar-refractivity contribution in [3.05, 3.63) is 0 Å². The molecule has 2 N–H and O–H groups in total. The largest absolute Gasteiger partial charge is 0.385 e. The van der Waals surface area contributed by atoms with Crippen LogP contribution in [0, 0.1) is 5.92 Å². The standard InChI is InChI=1S/C15H28N2O2/c1-19-11-9-13(16)15(18)17-10-5-8-14(17)12-6-3-2-4-7-12/h12-14H,2-11,16H2,1H3. The highest BCUT2D eigenvalue weighted by Crippen LogP contribution is 2.34. The number of rotatable bonds is 5. The van der Waals surface area contributed by atoms with Crippen molar-refractivity contribution in [1.29, 1.82) is 0 Å². The number of nitrogens with two attached hydrogens (primary N) is 1. The van der Waals surface area contributed by atoms with Crippen molar-refractivity contribution in [1.82, 2.24) is 4.90 Å². The first-order valence-electron chi connectivity index (χ1n) is 7.79. The second-order valence-corrected chi connectivity index (χ2v) is 6.03. The Labute approximate surface area is 116 Å². The summed E-state index contributed by atoms with van der Waals surface area (Å²) in [6, 6.07) is 0.0746. The molecule has 1 aliphatic heterocycles. The minimum absolute atomic E-state index is 0.144. The molecule has 2 unspecified atom stereocenters. The Balaban J connectivity index is 1.91. The van der Waals surface area contributed by atoms with E-state index in [2.05, 4.69) is 4.90 Å². The van der Waals surface area contributed by atoms with Crippen molar-refractivity contribution in [2.24, 2.45) is 11.7 Å². The third-order valence-corrected chi connectivity index (χ3v) is 4.73. The predicted octanol–water partition coefficient (Wildman–Crippen LogP) is 1.92. The van der Waals surface area contributed by atoms with E-state index in [4.69, 9.17) is 10.5 Å². The Morgan fingerprint density at radius 3 is 2.68 bits per heavy atom. The zero-order chi connectivity index (χ0) is 13.7. The summed E-state index contributed by atoms with van der Waals surface area (Å²) in [5, 5.41) is 0. The van der Waals surface area contributed by atoms with Gasteiger partial charge < -0.3 is 15.4 Å². The average Bonchev–Trinajstić information content (AvgIpc) is 2.94. The zero-order valence-corrected chi connectivity index (χ0v) is 12.1. The van der Waals surface area contributed by atoms with Crippen molar-refractivity contribution in [3.63, 3.8) is 0 Å². The molecule has 0 aromatic heterocycles. The van der Waals surface area contributed by atoms with Gasteiger partial charge in [0.05, 0.1) is 6.04 Å². The Morgan fingerprint density at radius 2 is 2.00 bits per heavy atom. The van der Waals surface area contributed by atoms with Crippen LogP contribution < -0.4 is 5.73 Å². The van der Waals surface area contributed by atoms with Crippen LogP contribution in [0.3, 0.4) is 0 Å². The number of carbonyl (C=O) groups excluding carboxylic acids is 1. The van der Waals surface area contributed by atoms with Crippen LogP contribution in [-0.2, 0) is 9.53 Å². The first-order valence-corrected chi connectivity index (χ1v) is 7.79. The van der Waals surface area contributed by atoms with Gasteiger partial charge >= 0.3 is 0 Å². The number of likely N-dealkylation sites (tertiary alicyclic amines) is 1. The topological polar surface area (TPSA) is 55.6 Å². The molecular weight excluding hydrogens is 240 g/mol. The smallest absolute Gasteiger partial charge is 0.239 e. The second kappa shape index (κ2) is 7.25. The number of hydrogen-bond acceptors (Lipinski definition) is 3. The van der Waals surface area contributed by atoms with E-state index in [0.717, 1.165) is 18.9 Å². The van der Waals surface area contributed by atoms with E-state index >= 15 is 0 Å². The minimum atomic E-state index is -0.385. The first-order chi connectivity index (χ1) is 9.24. The van der Waals surface area contributed by atoms with Gasteiger partial charge in [-0.2, -0.15) is 0 Å². The van der Waals surface area contributed by atoms with Crippen molar-refractivity contribution >= 4 is 5.91 Å². The summed E-state index contributed by atoms with van der Waals surface area (Å²) in [7, 11) is 1.65. The predicted molar refractivity (Wildman–Crippen MR) is 75.8 cm³/mol. The van der Waals surface area contributed by atoms with E-state index < -0.39 is 0 Å². The third-order valence-electron chi connectivity index (χ3n) is 4.73. The molecule has 4 heteroatoms. The van der Waals surface area contributed by atoms with Gasteiger partial charge in [0, 0.05) is 26.3 Å². The maximum atomic E-state index is 12.4. The van der Waals surface area contributed by atoms with Gasteiger partial charge in [-0.1, -0.05) is 19.3 Å². The molecule has 4 nitrogen and oxygen atoms in total. The lowest BCUT2D eigenvalue weighted by atomic mass is 9.83. The molecule has 2 aliphatic rings. The number of amides is 1. The zero-order valence-electron chi connectivity index (χ0n) is 12.1. The molecule has 2 fully saturated rings. The monoisotopic (exact) mass is 268 g/mol. The molecular formula is C15H28N2O2. The summed E-state index contributed by atoms with van der Waals surface area (Å²) in [5.74, 6) is 0.861. The third kappa shape index (κ3) is 3.69. The van der Waals surface area contributed by atoms with E-state index in [-0.39, 0.29) is 11.9 Å². The fourth-order valence-electron chi connectivity index (χ4n) is 3.66. The van der Waals surface area contributed by atoms with Crippen LogP contribution in [0.4, 0.5) is 0 Å². The summed E-state index contributed by atoms with van der Waals surface area (Å²) in [6.07, 6.45) is 9.56. The molecule has 110 valence electrons. The van der Waals surface area contributed by atoms with Crippen LogP contribution in [-0.4, -0.2) is 43.2 Å². The van der Waals surface area contributed by atoms with Crippen LogP contribution in [0.15, 0.2) is 0 Å². The van der Waals surface area contributed by atoms with Gasteiger partial charge in [0.15, 0.2) is 0 Å². The number of nitrogens with zero attached hydrogens (tertiary/aromatic N) is 1. The van der Waals surface area contributed by atoms with Crippen LogP contribution in [0.5, 0.6) is 0 Å². The molecule has 1 amide bonds. The average molecular weight is 268 g/mol. The highest BCUT2D eigenvalue weighted by Gasteiger charge is 2.36. The molecule has 0 spiro atoms. The van der Waals surface area contributed by atoms with Gasteiger partial charge in [-0.05, 0) is 38.0 Å². The molecule has 1 saturated heterocycles. The Morgan fingerprint density at radius 1 is 1.26 bits per heavy atom. The number of methoxy groups -OCH3 is 1. The fourth-order valence-corrected chi connectivity index (χ4v) is 3.66. The summed E-state index contributed by atoms with van der Waals surface area (Å²) in [4.78, 5) is 14.5. The maximum Gasteiger partial charge on any atom is 0.239 e. The van der Waals surface area contributed by atoms with Gasteiger partial charge in [-0.15, -0.1) is 0 Å². The number of carbonyl (C=O) groups is 1. The van der Waals surface area contributed by atoms with Crippen molar-refractivity contribution < 1.29 is 9.53 Å². The van der Waals surface area contributed by atoms with Gasteiger partial charge in [-0.25, -0.2) is 0 Å². The van der Waals surface area contributed by atoms with Gasteiger partial charge in [0.25, 0.3) is 0 Å². The van der Waals surface area contributed by atoms with E-state index in [9.17, 15) is 4.79 Å². The van der Waals surface area contributed by atoms with Gasteiger partial charge in [0.2, 0.25) is 5.91 Å². The molecule has 0 aromatic carbocycles. The summed E-state index contributed by atoms with van der Waals surface area (Å²) in [5.41, 5.74) is 6.00. The van der Waals surface area contributed by atoms with E-state index in [1.807, 2.05) is 0 Å². The Bertz CT molecular complexity index is 290. The molecule has 0 aromatic rings. The SMILES string of the molecule is COCCC(N)C(=O)N1CCCC1C1CCCCC1. The first kappa shape index (κ1) is 14.8. The molecule has 1 aliphatic carbocycles. The van der Waals surface area contributed by atoms with Crippen molar-refractivity contribution in [2.45, 2.75) is 63.5 Å². The van der Waals surface area contributed by atoms with Crippen LogP contribution in [0.25, 0.3) is 0 Å². The van der Waals surface area contributed by atoms with E-state index in [1.54, 1.807) is 7.11 Å². The second-order valence-electron chi connectivity index (χ2n) is 6.03. The number of hydrogen-bond donors (Lipinski definition) is 1. The summed E-state index contributed by atoms with van der Waals surface area (Å²) < 4.78 is 5.02. The van der Waals surface area contributed by atoms with E-state index in [0.29, 0.717) is 19.1 Å². The van der Waals surface area contributed by atoms with Crippen LogP contribution >= 0.6 is 0 Å². The minimum Gasteiger partial charge on any atom is -0.385 e. The van der Waals surface area contributed by atoms with Crippen LogP contribution in [0.2, 0.25) is 0 Å². The highest BCUT2D eigenvalue weighted by atomic mass is 16.5. The molecule has 19 heavy (non-hydrogen) atoms. The quantitative estimate of drug-likeness (QED) is 0.829. The normalized spacial score (nSPS) is 26.6. The summed E-state index contributed by atoms with van der Waals surface area (Å²) in [6.45, 7) is 1.47. The highest BCUT2D eigenvalue weighted by molar-refractivity contribution is 5.82. The van der Waals surface area contributed by atoms with Crippen LogP contribution in [0.1, 0.15) is 51.4 Å². The molecule has 2 rings (SSSR count). The fraction of sp³-hybridized carbons (Fsp3) is 0.933. The lowest BCUT2D eigenvalue weighted by Crippen LogP contribution is -2.48. The maximum absolute atomic E-state index is 12.4. The lowest BCUT2D eigenvalue weighted by molar-refractivity contribution is -0.135. The molecule has 1 saturated carbocycles. The lowest BCUT2D eigenvalue weighted by Gasteiger charge is -2.35. The molecule has 2 atom stereocenters. The van der Waals surface area contributed by atoms with Gasteiger partial charge in [0.1, 0.15) is 0 Å². The molecule has 0 bridgehead atoms. The van der Waals surface area contributed by atoms with Crippen molar-refractivity contribution in [2.75, 3.05) is 20.3 Å². The van der Waals surface area contributed by atoms with Gasteiger partial charge in [-0.3, -0.25) is 4.79 Å². The van der Waals surface area contributed by atoms with E-state index in [1.165, 1.54) is 38.5 Å². The van der Waals surface area contributed by atoms with Crippen molar-refractivity contribution in [3.8, 4) is 0 Å². The number of ether oxygens (including phenoxy) is 1. The molecule has 1 heterocycles. The Hall–Kier alpha value is -0.610. The molecule has 0 radical (unpaired) electrons.